The smallest absolute Gasteiger partial charge is 0.207 e. The maximum absolute atomic E-state index is 13.0. The highest BCUT2D eigenvalue weighted by Crippen LogP contribution is 2.23. The van der Waals surface area contributed by atoms with Crippen LogP contribution in [0.15, 0.2) is 67.0 Å². The summed E-state index contributed by atoms with van der Waals surface area (Å²) in [5.41, 5.74) is 2.02. The number of halogens is 1. The Hall–Kier alpha value is -2.62. The van der Waals surface area contributed by atoms with E-state index in [1.807, 2.05) is 41.1 Å². The lowest BCUT2D eigenvalue weighted by Crippen LogP contribution is -2.09. The number of hydrogen-bond acceptors (Lipinski definition) is 2. The van der Waals surface area contributed by atoms with Gasteiger partial charge in [0.15, 0.2) is 0 Å². The van der Waals surface area contributed by atoms with E-state index in [9.17, 15) is 4.39 Å². The molecular formula is C17H16FN3. The molecule has 4 heteroatoms. The molecule has 0 amide bonds. The predicted molar refractivity (Wildman–Crippen MR) is 82.2 cm³/mol. The van der Waals surface area contributed by atoms with Crippen LogP contribution in [-0.4, -0.2) is 9.55 Å². The molecule has 1 atom stereocenters. The Morgan fingerprint density at radius 1 is 1.05 bits per heavy atom. The van der Waals surface area contributed by atoms with Crippen LogP contribution >= 0.6 is 0 Å². The lowest BCUT2D eigenvalue weighted by Gasteiger charge is -2.17. The van der Waals surface area contributed by atoms with Crippen LogP contribution in [0.1, 0.15) is 18.5 Å². The number of imidazole rings is 1. The normalized spacial score (nSPS) is 12.1. The molecule has 0 bridgehead atoms. The van der Waals surface area contributed by atoms with Crippen LogP contribution in [0.25, 0.3) is 0 Å². The van der Waals surface area contributed by atoms with Crippen LogP contribution < -0.4 is 5.32 Å². The largest absolute Gasteiger partial charge is 0.326 e. The molecule has 106 valence electrons. The first-order chi connectivity index (χ1) is 10.2. The molecule has 1 aromatic heterocycles. The van der Waals surface area contributed by atoms with Crippen molar-refractivity contribution in [2.45, 2.75) is 13.0 Å². The van der Waals surface area contributed by atoms with Crippen LogP contribution in [0.5, 0.6) is 0 Å². The maximum atomic E-state index is 13.0. The fourth-order valence-electron chi connectivity index (χ4n) is 2.27. The zero-order valence-corrected chi connectivity index (χ0v) is 11.7. The molecule has 0 aliphatic heterocycles. The maximum Gasteiger partial charge on any atom is 0.207 e. The van der Waals surface area contributed by atoms with Gasteiger partial charge in [-0.2, -0.15) is 0 Å². The Morgan fingerprint density at radius 2 is 1.76 bits per heavy atom. The molecular weight excluding hydrogens is 265 g/mol. The third kappa shape index (κ3) is 2.94. The van der Waals surface area contributed by atoms with Crippen molar-refractivity contribution in [3.8, 4) is 0 Å². The summed E-state index contributed by atoms with van der Waals surface area (Å²) in [7, 11) is 0. The number of anilines is 2. The van der Waals surface area contributed by atoms with E-state index in [0.29, 0.717) is 0 Å². The fourth-order valence-corrected chi connectivity index (χ4v) is 2.27. The Morgan fingerprint density at radius 3 is 2.48 bits per heavy atom. The van der Waals surface area contributed by atoms with Crippen molar-refractivity contribution in [2.75, 3.05) is 5.32 Å². The Labute approximate surface area is 123 Å². The minimum Gasteiger partial charge on any atom is -0.326 e. The first-order valence-corrected chi connectivity index (χ1v) is 6.84. The number of nitrogens with one attached hydrogen (secondary N) is 1. The fraction of sp³-hybridized carbons (Fsp3) is 0.118. The molecule has 0 aliphatic carbocycles. The molecule has 0 saturated carbocycles. The molecule has 3 aromatic rings. The molecule has 0 saturated heterocycles. The lowest BCUT2D eigenvalue weighted by atomic mass is 10.1. The van der Waals surface area contributed by atoms with Gasteiger partial charge in [-0.25, -0.2) is 9.37 Å². The van der Waals surface area contributed by atoms with Gasteiger partial charge < -0.3 is 9.88 Å². The minimum absolute atomic E-state index is 0.0688. The summed E-state index contributed by atoms with van der Waals surface area (Å²) >= 11 is 0. The van der Waals surface area contributed by atoms with Gasteiger partial charge in [0, 0.05) is 18.1 Å². The lowest BCUT2D eigenvalue weighted by molar-refractivity contribution is 0.618. The van der Waals surface area contributed by atoms with Gasteiger partial charge >= 0.3 is 0 Å². The summed E-state index contributed by atoms with van der Waals surface area (Å²) in [6, 6.07) is 16.5. The topological polar surface area (TPSA) is 29.9 Å². The third-order valence-electron chi connectivity index (χ3n) is 3.47. The molecule has 1 N–H and O–H groups in total. The molecule has 1 heterocycles. The summed E-state index contributed by atoms with van der Waals surface area (Å²) in [5.74, 6) is 0.539. The number of rotatable bonds is 4. The average Bonchev–Trinajstić information content (AvgIpc) is 2.96. The number of para-hydroxylation sites is 1. The van der Waals surface area contributed by atoms with Crippen molar-refractivity contribution in [3.05, 3.63) is 78.4 Å². The quantitative estimate of drug-likeness (QED) is 0.769. The van der Waals surface area contributed by atoms with Crippen molar-refractivity contribution >= 4 is 11.6 Å². The summed E-state index contributed by atoms with van der Waals surface area (Å²) < 4.78 is 15.1. The van der Waals surface area contributed by atoms with Gasteiger partial charge in [0.05, 0.1) is 6.04 Å². The first-order valence-electron chi connectivity index (χ1n) is 6.84. The second kappa shape index (κ2) is 5.79. The van der Waals surface area contributed by atoms with Gasteiger partial charge in [-0.05, 0) is 36.8 Å². The minimum atomic E-state index is -0.223. The summed E-state index contributed by atoms with van der Waals surface area (Å²) in [6.45, 7) is 2.06. The zero-order valence-electron chi connectivity index (χ0n) is 11.7. The van der Waals surface area contributed by atoms with Crippen LogP contribution in [0.2, 0.25) is 0 Å². The van der Waals surface area contributed by atoms with Gasteiger partial charge in [-0.1, -0.05) is 30.3 Å². The van der Waals surface area contributed by atoms with Crippen LogP contribution in [0, 0.1) is 5.82 Å². The van der Waals surface area contributed by atoms with Crippen LogP contribution in [0.3, 0.4) is 0 Å². The van der Waals surface area contributed by atoms with E-state index in [0.717, 1.165) is 17.2 Å². The van der Waals surface area contributed by atoms with E-state index in [4.69, 9.17) is 0 Å². The summed E-state index contributed by atoms with van der Waals surface area (Å²) in [6.07, 6.45) is 3.67. The Bertz CT molecular complexity index is 704. The molecule has 0 aliphatic rings. The van der Waals surface area contributed by atoms with Crippen LogP contribution in [-0.2, 0) is 0 Å². The van der Waals surface area contributed by atoms with Gasteiger partial charge in [-0.15, -0.1) is 0 Å². The van der Waals surface area contributed by atoms with E-state index in [1.165, 1.54) is 12.1 Å². The summed E-state index contributed by atoms with van der Waals surface area (Å²) in [4.78, 5) is 4.35. The molecule has 1 unspecified atom stereocenters. The molecule has 0 spiro atoms. The van der Waals surface area contributed by atoms with Crippen molar-refractivity contribution in [1.29, 1.82) is 0 Å². The van der Waals surface area contributed by atoms with E-state index < -0.39 is 0 Å². The van der Waals surface area contributed by atoms with Crippen molar-refractivity contribution in [1.82, 2.24) is 9.55 Å². The first kappa shape index (κ1) is 13.4. The molecule has 3 rings (SSSR count). The highest BCUT2D eigenvalue weighted by Gasteiger charge is 2.12. The molecule has 3 nitrogen and oxygen atoms in total. The molecule has 0 radical (unpaired) electrons. The molecule has 21 heavy (non-hydrogen) atoms. The highest BCUT2D eigenvalue weighted by atomic mass is 19.1. The number of nitrogens with zero attached hydrogens (tertiary/aromatic N) is 2. The second-order valence-corrected chi connectivity index (χ2v) is 4.88. The van der Waals surface area contributed by atoms with Crippen molar-refractivity contribution in [3.63, 3.8) is 0 Å². The van der Waals surface area contributed by atoms with Crippen LogP contribution in [0.4, 0.5) is 16.0 Å². The Balaban J connectivity index is 1.86. The molecule has 2 aromatic carbocycles. The standard InChI is InChI=1S/C17H16FN3/c1-13(14-7-9-15(18)10-8-14)21-12-11-19-17(21)20-16-5-3-2-4-6-16/h2-13H,1H3,(H,19,20). The van der Waals surface area contributed by atoms with Crippen molar-refractivity contribution < 1.29 is 4.39 Å². The Kier molecular flexibility index (Phi) is 3.69. The zero-order chi connectivity index (χ0) is 14.7. The number of hydrogen-bond donors (Lipinski definition) is 1. The van der Waals surface area contributed by atoms with E-state index in [1.54, 1.807) is 18.3 Å². The third-order valence-corrected chi connectivity index (χ3v) is 3.47. The van der Waals surface area contributed by atoms with Crippen molar-refractivity contribution in [2.24, 2.45) is 0 Å². The summed E-state index contributed by atoms with van der Waals surface area (Å²) in [5, 5.41) is 3.29. The van der Waals surface area contributed by atoms with E-state index in [-0.39, 0.29) is 11.9 Å². The number of benzene rings is 2. The highest BCUT2D eigenvalue weighted by molar-refractivity contribution is 5.53. The van der Waals surface area contributed by atoms with Gasteiger partial charge in [-0.3, -0.25) is 0 Å². The second-order valence-electron chi connectivity index (χ2n) is 4.88. The average molecular weight is 281 g/mol. The monoisotopic (exact) mass is 281 g/mol. The van der Waals surface area contributed by atoms with E-state index >= 15 is 0 Å². The molecule has 0 fully saturated rings. The number of aromatic nitrogens is 2. The predicted octanol–water partition coefficient (Wildman–Crippen LogP) is 4.38. The van der Waals surface area contributed by atoms with Gasteiger partial charge in [0.25, 0.3) is 0 Å². The van der Waals surface area contributed by atoms with Gasteiger partial charge in [0.1, 0.15) is 5.82 Å². The van der Waals surface area contributed by atoms with E-state index in [2.05, 4.69) is 17.2 Å². The SMILES string of the molecule is CC(c1ccc(F)cc1)n1ccnc1Nc1ccccc1. The van der Waals surface area contributed by atoms with Gasteiger partial charge in [0.2, 0.25) is 5.95 Å².